The van der Waals surface area contributed by atoms with Gasteiger partial charge in [0, 0.05) is 37.2 Å². The van der Waals surface area contributed by atoms with E-state index in [0.29, 0.717) is 41.5 Å². The zero-order valence-corrected chi connectivity index (χ0v) is 24.9. The topological polar surface area (TPSA) is 74.3 Å². The highest BCUT2D eigenvalue weighted by molar-refractivity contribution is 5.92. The Balaban J connectivity index is 1.55. The normalized spacial score (nSPS) is 14.8. The number of rotatable bonds is 13. The van der Waals surface area contributed by atoms with Crippen molar-refractivity contribution < 1.29 is 27.2 Å². The summed E-state index contributed by atoms with van der Waals surface area (Å²) < 4.78 is 58.4. The number of likely N-dealkylation sites (tertiary alicyclic amines) is 1. The number of aldehydes is 1. The maximum Gasteiger partial charge on any atom is 0.270 e. The molecule has 6 nitrogen and oxygen atoms in total. The van der Waals surface area contributed by atoms with Crippen LogP contribution in [0.2, 0.25) is 0 Å². The van der Waals surface area contributed by atoms with E-state index in [1.807, 2.05) is 18.7 Å². The Morgan fingerprint density at radius 1 is 1.02 bits per heavy atom. The SMILES string of the molecule is Cc1cc(F)cc(C)c1-c1cc(F)c(F)c([C@H](CC=O)NC[C@H](CC(C)C)NC(=O)c2ccc(F)c(CN3CCC3)n2)c1. The number of pyridine rings is 1. The number of benzene rings is 2. The first-order chi connectivity index (χ1) is 20.5. The lowest BCUT2D eigenvalue weighted by Crippen LogP contribution is -2.44. The summed E-state index contributed by atoms with van der Waals surface area (Å²) in [6.45, 7) is 9.54. The number of aryl methyl sites for hydroxylation is 2. The lowest BCUT2D eigenvalue weighted by molar-refractivity contribution is -0.108. The highest BCUT2D eigenvalue weighted by Crippen LogP contribution is 2.33. The van der Waals surface area contributed by atoms with Crippen LogP contribution in [0.25, 0.3) is 11.1 Å². The van der Waals surface area contributed by atoms with Crippen LogP contribution in [-0.4, -0.2) is 47.8 Å². The van der Waals surface area contributed by atoms with E-state index in [9.17, 15) is 22.8 Å². The second-order valence-electron chi connectivity index (χ2n) is 11.7. The van der Waals surface area contributed by atoms with Crippen molar-refractivity contribution in [2.24, 2.45) is 5.92 Å². The Hall–Kier alpha value is -3.63. The van der Waals surface area contributed by atoms with E-state index in [0.717, 1.165) is 25.6 Å². The molecule has 0 unspecified atom stereocenters. The Morgan fingerprint density at radius 2 is 1.72 bits per heavy atom. The van der Waals surface area contributed by atoms with Gasteiger partial charge in [0.15, 0.2) is 11.6 Å². The first-order valence-electron chi connectivity index (χ1n) is 14.6. The van der Waals surface area contributed by atoms with E-state index in [1.54, 1.807) is 13.8 Å². The number of hydrogen-bond donors (Lipinski definition) is 2. The number of aromatic nitrogens is 1. The molecule has 2 heterocycles. The van der Waals surface area contributed by atoms with Crippen molar-refractivity contribution in [1.29, 1.82) is 0 Å². The molecule has 0 spiro atoms. The minimum atomic E-state index is -1.09. The van der Waals surface area contributed by atoms with Gasteiger partial charge in [-0.3, -0.25) is 9.69 Å². The molecule has 4 rings (SSSR count). The van der Waals surface area contributed by atoms with Crippen molar-refractivity contribution in [1.82, 2.24) is 20.5 Å². The third kappa shape index (κ3) is 8.06. The zero-order valence-electron chi connectivity index (χ0n) is 24.9. The molecule has 43 heavy (non-hydrogen) atoms. The fourth-order valence-electron chi connectivity index (χ4n) is 5.57. The summed E-state index contributed by atoms with van der Waals surface area (Å²) >= 11 is 0. The van der Waals surface area contributed by atoms with Crippen molar-refractivity contribution >= 4 is 12.2 Å². The van der Waals surface area contributed by atoms with Gasteiger partial charge in [-0.2, -0.15) is 0 Å². The van der Waals surface area contributed by atoms with Gasteiger partial charge in [0.2, 0.25) is 0 Å². The van der Waals surface area contributed by atoms with Gasteiger partial charge in [-0.25, -0.2) is 22.5 Å². The van der Waals surface area contributed by atoms with E-state index < -0.39 is 41.3 Å². The van der Waals surface area contributed by atoms with Crippen LogP contribution >= 0.6 is 0 Å². The van der Waals surface area contributed by atoms with Crippen LogP contribution in [0.1, 0.15) is 72.0 Å². The average molecular weight is 599 g/mol. The molecule has 230 valence electrons. The lowest BCUT2D eigenvalue weighted by Gasteiger charge is -2.30. The first kappa shape index (κ1) is 32.3. The molecular weight excluding hydrogens is 560 g/mol. The number of halogens is 4. The van der Waals surface area contributed by atoms with E-state index in [2.05, 4.69) is 15.6 Å². The van der Waals surface area contributed by atoms with Crippen LogP contribution < -0.4 is 10.6 Å². The molecule has 1 aliphatic rings. The number of amides is 1. The third-order valence-electron chi connectivity index (χ3n) is 7.72. The Morgan fingerprint density at radius 3 is 2.33 bits per heavy atom. The summed E-state index contributed by atoms with van der Waals surface area (Å²) in [5, 5.41) is 6.08. The van der Waals surface area contributed by atoms with Crippen LogP contribution in [0.5, 0.6) is 0 Å². The van der Waals surface area contributed by atoms with E-state index in [4.69, 9.17) is 0 Å². The van der Waals surface area contributed by atoms with Gasteiger partial charge < -0.3 is 15.4 Å². The van der Waals surface area contributed by atoms with Crippen molar-refractivity contribution in [2.45, 2.75) is 65.6 Å². The molecule has 2 atom stereocenters. The second kappa shape index (κ2) is 14.2. The number of hydrogen-bond acceptors (Lipinski definition) is 5. The van der Waals surface area contributed by atoms with Gasteiger partial charge in [-0.05, 0) is 104 Å². The van der Waals surface area contributed by atoms with Gasteiger partial charge >= 0.3 is 0 Å². The van der Waals surface area contributed by atoms with Gasteiger partial charge in [0.05, 0.1) is 5.69 Å². The largest absolute Gasteiger partial charge is 0.347 e. The molecule has 1 saturated heterocycles. The zero-order chi connectivity index (χ0) is 31.3. The second-order valence-corrected chi connectivity index (χ2v) is 11.7. The van der Waals surface area contributed by atoms with E-state index in [1.165, 1.54) is 30.3 Å². The summed E-state index contributed by atoms with van der Waals surface area (Å²) in [7, 11) is 0. The molecule has 1 aliphatic heterocycles. The number of nitrogens with zero attached hydrogens (tertiary/aromatic N) is 2. The van der Waals surface area contributed by atoms with Crippen molar-refractivity contribution in [3.05, 3.63) is 87.7 Å². The molecule has 0 radical (unpaired) electrons. The molecule has 1 amide bonds. The quantitative estimate of drug-likeness (QED) is 0.181. The molecule has 0 bridgehead atoms. The van der Waals surface area contributed by atoms with Crippen LogP contribution in [0.15, 0.2) is 36.4 Å². The van der Waals surface area contributed by atoms with E-state index >= 15 is 4.39 Å². The highest BCUT2D eigenvalue weighted by Gasteiger charge is 2.24. The predicted octanol–water partition coefficient (Wildman–Crippen LogP) is 6.19. The Kier molecular flexibility index (Phi) is 10.7. The summed E-state index contributed by atoms with van der Waals surface area (Å²) in [6.07, 6.45) is 2.06. The van der Waals surface area contributed by atoms with Crippen molar-refractivity contribution in [3.8, 4) is 11.1 Å². The standard InChI is InChI=1S/C33H38F4N4O2/c1-19(2)12-24(39-33(43)29-7-6-26(35)30(40-29)18-41-9-5-10-41)17-38-28(8-11-42)25-15-22(16-27(36)32(25)37)31-20(3)13-23(34)14-21(31)4/h6-7,11,13-16,19,24,28,38H,5,8-10,12,17-18H2,1-4H3,(H,39,43)/t24-,28-/m0/s1. The predicted molar refractivity (Wildman–Crippen MR) is 157 cm³/mol. The molecule has 0 aliphatic carbocycles. The van der Waals surface area contributed by atoms with Crippen molar-refractivity contribution in [2.75, 3.05) is 19.6 Å². The van der Waals surface area contributed by atoms with Crippen LogP contribution in [0.4, 0.5) is 17.6 Å². The minimum Gasteiger partial charge on any atom is -0.347 e. The molecule has 1 fully saturated rings. The fraction of sp³-hybridized carbons (Fsp3) is 0.424. The molecule has 1 aromatic heterocycles. The number of carbonyl (C=O) groups excluding carboxylic acids is 2. The van der Waals surface area contributed by atoms with Crippen molar-refractivity contribution in [3.63, 3.8) is 0 Å². The third-order valence-corrected chi connectivity index (χ3v) is 7.72. The average Bonchev–Trinajstić information content (AvgIpc) is 2.90. The number of carbonyl (C=O) groups is 2. The molecule has 3 aromatic rings. The molecule has 2 N–H and O–H groups in total. The Labute approximate surface area is 249 Å². The maximum absolute atomic E-state index is 15.2. The number of nitrogens with one attached hydrogen (secondary N) is 2. The first-order valence-corrected chi connectivity index (χ1v) is 14.6. The van der Waals surface area contributed by atoms with Gasteiger partial charge in [-0.15, -0.1) is 0 Å². The summed E-state index contributed by atoms with van der Waals surface area (Å²) in [4.78, 5) is 31.1. The van der Waals surface area contributed by atoms with Gasteiger partial charge in [0.1, 0.15) is 23.6 Å². The van der Waals surface area contributed by atoms with Crippen LogP contribution in [0.3, 0.4) is 0 Å². The monoisotopic (exact) mass is 598 g/mol. The van der Waals surface area contributed by atoms with Gasteiger partial charge in [0.25, 0.3) is 5.91 Å². The smallest absolute Gasteiger partial charge is 0.270 e. The highest BCUT2D eigenvalue weighted by atomic mass is 19.2. The van der Waals surface area contributed by atoms with Crippen LogP contribution in [-0.2, 0) is 11.3 Å². The summed E-state index contributed by atoms with van der Waals surface area (Å²) in [5.74, 6) is -3.38. The van der Waals surface area contributed by atoms with Gasteiger partial charge in [-0.1, -0.05) is 13.8 Å². The van der Waals surface area contributed by atoms with Crippen LogP contribution in [0, 0.1) is 43.0 Å². The fourth-order valence-corrected chi connectivity index (χ4v) is 5.57. The van der Waals surface area contributed by atoms with E-state index in [-0.39, 0.29) is 35.8 Å². The summed E-state index contributed by atoms with van der Waals surface area (Å²) in [5.41, 5.74) is 2.33. The Bertz CT molecular complexity index is 1450. The maximum atomic E-state index is 15.2. The molecule has 0 saturated carbocycles. The molecule has 10 heteroatoms. The lowest BCUT2D eigenvalue weighted by atomic mass is 9.92. The summed E-state index contributed by atoms with van der Waals surface area (Å²) in [6, 6.07) is 6.42. The molecule has 2 aromatic carbocycles. The minimum absolute atomic E-state index is 0.0457. The molecular formula is C33H38F4N4O2.